The molecule has 1 amide bonds. The highest BCUT2D eigenvalue weighted by atomic mass is 35.5. The molecule has 0 radical (unpaired) electrons. The molecule has 28 heavy (non-hydrogen) atoms. The van der Waals surface area contributed by atoms with Gasteiger partial charge >= 0.3 is 0 Å². The molecule has 2 aromatic heterocycles. The predicted molar refractivity (Wildman–Crippen MR) is 111 cm³/mol. The Hall–Kier alpha value is -3.31. The van der Waals surface area contributed by atoms with E-state index in [1.165, 1.54) is 7.11 Å². The van der Waals surface area contributed by atoms with Crippen LogP contribution in [0.3, 0.4) is 0 Å². The second-order valence-electron chi connectivity index (χ2n) is 6.43. The first-order valence-corrected chi connectivity index (χ1v) is 9.12. The maximum atomic E-state index is 12.7. The van der Waals surface area contributed by atoms with Crippen molar-refractivity contribution in [2.75, 3.05) is 12.4 Å². The van der Waals surface area contributed by atoms with Gasteiger partial charge in [0, 0.05) is 28.7 Å². The van der Waals surface area contributed by atoms with Crippen LogP contribution in [0.4, 0.5) is 5.69 Å². The first-order valence-electron chi connectivity index (χ1n) is 8.75. The third kappa shape index (κ3) is 3.44. The lowest BCUT2D eigenvalue weighted by Gasteiger charge is -2.10. The zero-order chi connectivity index (χ0) is 19.7. The zero-order valence-electron chi connectivity index (χ0n) is 15.4. The number of aromatic nitrogens is 2. The van der Waals surface area contributed by atoms with Gasteiger partial charge in [-0.1, -0.05) is 29.8 Å². The number of benzene rings is 2. The molecule has 2 heterocycles. The van der Waals surface area contributed by atoms with E-state index in [1.807, 2.05) is 60.1 Å². The van der Waals surface area contributed by atoms with Crippen LogP contribution in [0, 0.1) is 6.92 Å². The second-order valence-corrected chi connectivity index (χ2v) is 6.86. The Morgan fingerprint density at radius 3 is 2.79 bits per heavy atom. The van der Waals surface area contributed by atoms with E-state index in [0.717, 1.165) is 22.5 Å². The number of methoxy groups -OCH3 is 1. The van der Waals surface area contributed by atoms with Crippen molar-refractivity contribution >= 4 is 28.8 Å². The highest BCUT2D eigenvalue weighted by Crippen LogP contribution is 2.26. The van der Waals surface area contributed by atoms with Crippen LogP contribution < -0.4 is 10.1 Å². The first kappa shape index (κ1) is 18.1. The minimum absolute atomic E-state index is 0.289. The number of nitrogens with zero attached hydrogens (tertiary/aromatic N) is 2. The summed E-state index contributed by atoms with van der Waals surface area (Å²) in [6, 6.07) is 16.5. The van der Waals surface area contributed by atoms with Gasteiger partial charge in [-0.3, -0.25) is 4.79 Å². The monoisotopic (exact) mass is 391 g/mol. The van der Waals surface area contributed by atoms with Crippen LogP contribution >= 0.6 is 11.6 Å². The lowest BCUT2D eigenvalue weighted by atomic mass is 10.1. The number of carbonyl (C=O) groups is 1. The molecule has 0 bridgehead atoms. The van der Waals surface area contributed by atoms with E-state index >= 15 is 0 Å². The van der Waals surface area contributed by atoms with E-state index in [0.29, 0.717) is 22.0 Å². The van der Waals surface area contributed by atoms with Crippen molar-refractivity contribution in [2.24, 2.45) is 0 Å². The van der Waals surface area contributed by atoms with E-state index in [1.54, 1.807) is 18.2 Å². The van der Waals surface area contributed by atoms with Gasteiger partial charge in [0.2, 0.25) is 0 Å². The van der Waals surface area contributed by atoms with Crippen LogP contribution in [0.2, 0.25) is 5.02 Å². The van der Waals surface area contributed by atoms with Gasteiger partial charge in [-0.2, -0.15) is 0 Å². The molecule has 4 aromatic rings. The fourth-order valence-electron chi connectivity index (χ4n) is 3.11. The quantitative estimate of drug-likeness (QED) is 0.518. The zero-order valence-corrected chi connectivity index (χ0v) is 16.2. The first-order chi connectivity index (χ1) is 13.5. The molecule has 0 aliphatic rings. The number of hydrogen-bond acceptors (Lipinski definition) is 3. The molecule has 0 spiro atoms. The van der Waals surface area contributed by atoms with Gasteiger partial charge in [0.1, 0.15) is 11.4 Å². The number of carbonyl (C=O) groups excluding carboxylic acids is 1. The third-order valence-electron chi connectivity index (χ3n) is 4.50. The molecule has 6 heteroatoms. The Morgan fingerprint density at radius 2 is 2.00 bits per heavy atom. The minimum atomic E-state index is -0.289. The molecule has 2 aromatic carbocycles. The summed E-state index contributed by atoms with van der Waals surface area (Å²) >= 11 is 6.03. The molecule has 0 unspecified atom stereocenters. The number of amides is 1. The number of fused-ring (bicyclic) bond motifs is 1. The summed E-state index contributed by atoms with van der Waals surface area (Å²) in [5.41, 5.74) is 4.81. The number of imidazole rings is 1. The lowest BCUT2D eigenvalue weighted by Crippen LogP contribution is -2.13. The van der Waals surface area contributed by atoms with Crippen LogP contribution in [0.25, 0.3) is 16.9 Å². The van der Waals surface area contributed by atoms with Crippen LogP contribution in [0.15, 0.2) is 67.0 Å². The van der Waals surface area contributed by atoms with Crippen molar-refractivity contribution in [3.05, 3.63) is 83.1 Å². The number of pyridine rings is 1. The summed E-state index contributed by atoms with van der Waals surface area (Å²) in [5.74, 6) is 0.177. The van der Waals surface area contributed by atoms with Crippen LogP contribution in [-0.2, 0) is 0 Å². The number of aryl methyl sites for hydroxylation is 1. The number of rotatable bonds is 4. The Balaban J connectivity index is 1.64. The molecule has 0 saturated carbocycles. The topological polar surface area (TPSA) is 55.6 Å². The van der Waals surface area contributed by atoms with E-state index in [9.17, 15) is 4.79 Å². The van der Waals surface area contributed by atoms with Crippen LogP contribution in [0.1, 0.15) is 15.9 Å². The van der Waals surface area contributed by atoms with Gasteiger partial charge in [-0.05, 0) is 48.9 Å². The highest BCUT2D eigenvalue weighted by Gasteiger charge is 2.14. The summed E-state index contributed by atoms with van der Waals surface area (Å²) in [6.07, 6.45) is 3.94. The van der Waals surface area contributed by atoms with Crippen molar-refractivity contribution in [3.8, 4) is 17.0 Å². The van der Waals surface area contributed by atoms with Gasteiger partial charge in [0.25, 0.3) is 5.91 Å². The summed E-state index contributed by atoms with van der Waals surface area (Å²) in [5, 5.41) is 3.38. The smallest absolute Gasteiger partial charge is 0.259 e. The summed E-state index contributed by atoms with van der Waals surface area (Å²) in [6.45, 7) is 2.03. The Kier molecular flexibility index (Phi) is 4.75. The summed E-state index contributed by atoms with van der Waals surface area (Å²) in [4.78, 5) is 17.4. The van der Waals surface area contributed by atoms with E-state index in [2.05, 4.69) is 5.32 Å². The second kappa shape index (κ2) is 7.37. The number of nitrogens with one attached hydrogen (secondary N) is 1. The average molecular weight is 392 g/mol. The molecule has 0 aliphatic heterocycles. The Morgan fingerprint density at radius 1 is 1.14 bits per heavy atom. The molecule has 4 rings (SSSR count). The molecule has 140 valence electrons. The number of anilines is 1. The van der Waals surface area contributed by atoms with Gasteiger partial charge in [0.15, 0.2) is 0 Å². The third-order valence-corrected chi connectivity index (χ3v) is 4.74. The van der Waals surface area contributed by atoms with E-state index in [-0.39, 0.29) is 5.91 Å². The molecule has 0 atom stereocenters. The number of ether oxygens (including phenoxy) is 1. The van der Waals surface area contributed by atoms with Crippen molar-refractivity contribution in [1.82, 2.24) is 9.38 Å². The minimum Gasteiger partial charge on any atom is -0.496 e. The Labute approximate surface area is 167 Å². The number of hydrogen-bond donors (Lipinski definition) is 1. The van der Waals surface area contributed by atoms with Crippen LogP contribution in [0.5, 0.6) is 5.75 Å². The predicted octanol–water partition coefficient (Wildman–Crippen LogP) is 5.22. The van der Waals surface area contributed by atoms with Crippen molar-refractivity contribution in [3.63, 3.8) is 0 Å². The standard InChI is InChI=1S/C22H18ClN3O2/c1-14-5-4-10-26-13-19(25-21(14)26)15-6-3-7-17(11-15)24-22(27)18-12-16(23)8-9-20(18)28-2/h3-13H,1-2H3,(H,24,27). The SMILES string of the molecule is COc1ccc(Cl)cc1C(=O)Nc1cccc(-c2cn3cccc(C)c3n2)c1. The van der Waals surface area contributed by atoms with Gasteiger partial charge in [-0.25, -0.2) is 4.98 Å². The molecular weight excluding hydrogens is 374 g/mol. The molecule has 0 aliphatic carbocycles. The summed E-state index contributed by atoms with van der Waals surface area (Å²) in [7, 11) is 1.52. The van der Waals surface area contributed by atoms with Crippen molar-refractivity contribution in [1.29, 1.82) is 0 Å². The van der Waals surface area contributed by atoms with Gasteiger partial charge < -0.3 is 14.5 Å². The van der Waals surface area contributed by atoms with Crippen molar-refractivity contribution in [2.45, 2.75) is 6.92 Å². The summed E-state index contributed by atoms with van der Waals surface area (Å²) < 4.78 is 7.26. The number of halogens is 1. The van der Waals surface area contributed by atoms with Crippen LogP contribution in [-0.4, -0.2) is 22.4 Å². The maximum absolute atomic E-state index is 12.7. The van der Waals surface area contributed by atoms with E-state index < -0.39 is 0 Å². The molecule has 0 saturated heterocycles. The maximum Gasteiger partial charge on any atom is 0.259 e. The molecule has 0 fully saturated rings. The molecule has 1 N–H and O–H groups in total. The fraction of sp³-hybridized carbons (Fsp3) is 0.0909. The highest BCUT2D eigenvalue weighted by molar-refractivity contribution is 6.31. The molecule has 5 nitrogen and oxygen atoms in total. The van der Waals surface area contributed by atoms with Gasteiger partial charge in [-0.15, -0.1) is 0 Å². The normalized spacial score (nSPS) is 10.8. The lowest BCUT2D eigenvalue weighted by molar-refractivity contribution is 0.102. The van der Waals surface area contributed by atoms with Crippen molar-refractivity contribution < 1.29 is 9.53 Å². The molecular formula is C22H18ClN3O2. The van der Waals surface area contributed by atoms with E-state index in [4.69, 9.17) is 21.3 Å². The average Bonchev–Trinajstić information content (AvgIpc) is 3.14. The Bertz CT molecular complexity index is 1180. The fourth-order valence-corrected chi connectivity index (χ4v) is 3.28. The largest absolute Gasteiger partial charge is 0.496 e. The van der Waals surface area contributed by atoms with Gasteiger partial charge in [0.05, 0.1) is 18.4 Å².